The summed E-state index contributed by atoms with van der Waals surface area (Å²) in [6.45, 7) is 0. The summed E-state index contributed by atoms with van der Waals surface area (Å²) in [6.07, 6.45) is 3.75. The molecule has 320 valence electrons. The molecule has 0 spiro atoms. The quantitative estimate of drug-likeness (QED) is 0.152. The topological polar surface area (TPSA) is 62.9 Å². The number of ether oxygens (including phenoxy) is 1. The molecular formula is C59H37N5O2Pt. The number of imidazole rings is 1. The predicted molar refractivity (Wildman–Crippen MR) is 266 cm³/mol. The molecule has 8 aromatic carbocycles. The molecule has 67 heavy (non-hydrogen) atoms. The molecule has 0 N–H and O–H groups in total. The van der Waals surface area contributed by atoms with Crippen LogP contribution in [-0.4, -0.2) is 23.7 Å². The molecule has 8 heteroatoms. The molecule has 0 unspecified atom stereocenters. The molecule has 0 amide bonds. The molecule has 0 radical (unpaired) electrons. The Kier molecular flexibility index (Phi) is 9.29. The van der Waals surface area contributed by atoms with E-state index in [4.69, 9.17) is 14.1 Å². The van der Waals surface area contributed by atoms with Crippen molar-refractivity contribution in [2.45, 2.75) is 0 Å². The fourth-order valence-corrected chi connectivity index (χ4v) is 10.8. The van der Waals surface area contributed by atoms with E-state index in [2.05, 4.69) is 220 Å². The molecule has 7 nitrogen and oxygen atoms in total. The third kappa shape index (κ3) is 6.50. The first kappa shape index (κ1) is 39.0. The summed E-state index contributed by atoms with van der Waals surface area (Å²) in [6, 6.07) is 73.9. The van der Waals surface area contributed by atoms with Gasteiger partial charge in [-0.05, 0) is 29.8 Å². The predicted octanol–water partition coefficient (Wildman–Crippen LogP) is 15.1. The van der Waals surface area contributed by atoms with Gasteiger partial charge >= 0.3 is 294 Å². The van der Waals surface area contributed by atoms with Gasteiger partial charge in [0.05, 0.1) is 5.39 Å². The second-order valence-electron chi connectivity index (χ2n) is 16.5. The minimum absolute atomic E-state index is 0.725. The Hall–Kier alpha value is -8.38. The SMILES string of the molecule is [Pt]=[c]1n(-c2cccc(Oc3ccc4c5ccccc5n(-c5ccc(-c6cccc7oc8cccnc8c67)cn5)c4c3)c2)c2ccccc2n1-c1c(-c2ccccc2)cccc1-c1ccccc1. The normalized spacial score (nSPS) is 11.7. The van der Waals surface area contributed by atoms with E-state index in [0.717, 1.165) is 121 Å². The van der Waals surface area contributed by atoms with Crippen LogP contribution >= 0.6 is 0 Å². The average molecular weight is 1040 g/mol. The van der Waals surface area contributed by atoms with Crippen molar-refractivity contribution in [3.63, 3.8) is 0 Å². The van der Waals surface area contributed by atoms with Crippen molar-refractivity contribution in [1.82, 2.24) is 23.7 Å². The Morgan fingerprint density at radius 3 is 1.84 bits per heavy atom. The van der Waals surface area contributed by atoms with Gasteiger partial charge in [0.1, 0.15) is 11.1 Å². The second kappa shape index (κ2) is 15.9. The molecule has 0 aliphatic rings. The van der Waals surface area contributed by atoms with Gasteiger partial charge in [0.25, 0.3) is 0 Å². The molecule has 5 aromatic heterocycles. The molecule has 0 bridgehead atoms. The van der Waals surface area contributed by atoms with Crippen molar-refractivity contribution < 1.29 is 28.5 Å². The molecule has 0 saturated carbocycles. The van der Waals surface area contributed by atoms with Crippen LogP contribution in [0.1, 0.15) is 0 Å². The molecule has 0 aliphatic carbocycles. The van der Waals surface area contributed by atoms with Gasteiger partial charge in [-0.3, -0.25) is 4.98 Å². The number of fused-ring (bicyclic) bond motifs is 7. The van der Waals surface area contributed by atoms with Gasteiger partial charge < -0.3 is 4.42 Å². The molecule has 0 fully saturated rings. The van der Waals surface area contributed by atoms with Gasteiger partial charge in [0.2, 0.25) is 0 Å². The van der Waals surface area contributed by atoms with Crippen LogP contribution < -0.4 is 4.74 Å². The van der Waals surface area contributed by atoms with Crippen LogP contribution in [0.15, 0.2) is 229 Å². The Labute approximate surface area is 395 Å². The Morgan fingerprint density at radius 2 is 1.07 bits per heavy atom. The fourth-order valence-electron chi connectivity index (χ4n) is 9.70. The molecule has 13 rings (SSSR count). The van der Waals surface area contributed by atoms with E-state index in [1.807, 2.05) is 36.5 Å². The average Bonchev–Trinajstić information content (AvgIpc) is 4.03. The Balaban J connectivity index is 0.901. The number of pyridine rings is 2. The zero-order valence-corrected chi connectivity index (χ0v) is 38.0. The molecule has 5 heterocycles. The molecule has 0 atom stereocenters. The first-order chi connectivity index (χ1) is 33.2. The number of rotatable bonds is 8. The van der Waals surface area contributed by atoms with Crippen molar-refractivity contribution in [2.75, 3.05) is 0 Å². The van der Waals surface area contributed by atoms with E-state index in [9.17, 15) is 0 Å². The van der Waals surface area contributed by atoms with Gasteiger partial charge in [0.15, 0.2) is 5.58 Å². The van der Waals surface area contributed by atoms with Crippen LogP contribution in [0.3, 0.4) is 0 Å². The number of hydrogen-bond acceptors (Lipinski definition) is 4. The molecule has 13 aromatic rings. The van der Waals surface area contributed by atoms with Gasteiger partial charge in [-0.2, -0.15) is 0 Å². The van der Waals surface area contributed by atoms with Crippen LogP contribution in [0.25, 0.3) is 105 Å². The van der Waals surface area contributed by atoms with Gasteiger partial charge in [-0.1, -0.05) is 24.3 Å². The fraction of sp³-hybridized carbons (Fsp3) is 0. The first-order valence-corrected chi connectivity index (χ1v) is 23.3. The van der Waals surface area contributed by atoms with Crippen molar-refractivity contribution in [3.05, 3.63) is 229 Å². The molecular weight excluding hydrogens is 1010 g/mol. The third-order valence-electron chi connectivity index (χ3n) is 12.6. The summed E-state index contributed by atoms with van der Waals surface area (Å²) >= 11 is 2.49. The third-order valence-corrected chi connectivity index (χ3v) is 13.6. The van der Waals surface area contributed by atoms with E-state index < -0.39 is 0 Å². The van der Waals surface area contributed by atoms with E-state index in [-0.39, 0.29) is 0 Å². The van der Waals surface area contributed by atoms with E-state index in [1.54, 1.807) is 6.20 Å². The maximum absolute atomic E-state index is 6.81. The van der Waals surface area contributed by atoms with E-state index in [1.165, 1.54) is 0 Å². The first-order valence-electron chi connectivity index (χ1n) is 22.1. The standard InChI is InChI=1S/C59H37N5O2.Pt/c1-3-15-39(16-4-1)46-23-12-24-47(40-17-5-2-6-18-40)59(46)63-38-62(51-26-9-10-27-52(51)63)42-19-11-20-43(35-42)65-44-31-32-49-48-21-7-8-25-50(48)64(53(49)36-44)56-33-30-41(37-61-56)45-22-13-28-54-57(45)58-55(66-54)29-14-34-60-58;/h1-37H;. The maximum atomic E-state index is 6.81. The Bertz CT molecular complexity index is 4040. The van der Waals surface area contributed by atoms with Crippen LogP contribution in [0.5, 0.6) is 11.5 Å². The number of aromatic nitrogens is 5. The molecule has 0 aliphatic heterocycles. The van der Waals surface area contributed by atoms with Crippen LogP contribution in [0, 0.1) is 3.80 Å². The van der Waals surface area contributed by atoms with Gasteiger partial charge in [-0.25, -0.2) is 0 Å². The monoisotopic (exact) mass is 1040 g/mol. The van der Waals surface area contributed by atoms with E-state index >= 15 is 0 Å². The van der Waals surface area contributed by atoms with Crippen LogP contribution in [-0.2, 0) is 19.4 Å². The minimum atomic E-state index is 0.725. The van der Waals surface area contributed by atoms with Crippen molar-refractivity contribution in [1.29, 1.82) is 0 Å². The Morgan fingerprint density at radius 1 is 0.433 bits per heavy atom. The number of benzene rings is 8. The number of para-hydroxylation sites is 4. The van der Waals surface area contributed by atoms with E-state index in [0.29, 0.717) is 0 Å². The summed E-state index contributed by atoms with van der Waals surface area (Å²) in [5.74, 6) is 2.26. The summed E-state index contributed by atoms with van der Waals surface area (Å²) < 4.78 is 20.9. The van der Waals surface area contributed by atoms with Crippen molar-refractivity contribution in [2.24, 2.45) is 0 Å². The zero-order chi connectivity index (χ0) is 44.4. The second-order valence-corrected chi connectivity index (χ2v) is 17.5. The van der Waals surface area contributed by atoms with Gasteiger partial charge in [0, 0.05) is 18.0 Å². The van der Waals surface area contributed by atoms with Crippen molar-refractivity contribution >= 4 is 54.9 Å². The van der Waals surface area contributed by atoms with Crippen molar-refractivity contribution in [3.8, 4) is 62.1 Å². The summed E-state index contributed by atoms with van der Waals surface area (Å²) in [7, 11) is 0. The van der Waals surface area contributed by atoms with Gasteiger partial charge in [-0.15, -0.1) is 0 Å². The summed E-state index contributed by atoms with van der Waals surface area (Å²) in [5, 5.41) is 3.25. The van der Waals surface area contributed by atoms with Crippen LogP contribution in [0.4, 0.5) is 0 Å². The number of hydrogen-bond donors (Lipinski definition) is 0. The zero-order valence-electron chi connectivity index (χ0n) is 35.7. The summed E-state index contributed by atoms with van der Waals surface area (Å²) in [5.41, 5.74) is 15.4. The summed E-state index contributed by atoms with van der Waals surface area (Å²) in [4.78, 5) is 9.76. The van der Waals surface area contributed by atoms with Crippen LogP contribution in [0.2, 0.25) is 0 Å². The molecule has 0 saturated heterocycles. The number of nitrogens with zero attached hydrogens (tertiary/aromatic N) is 5. The number of furan rings is 1.